The third-order valence-corrected chi connectivity index (χ3v) is 3.30. The Morgan fingerprint density at radius 3 is 2.88 bits per heavy atom. The number of benzene rings is 1. The van der Waals surface area contributed by atoms with Crippen molar-refractivity contribution < 1.29 is 9.90 Å². The smallest absolute Gasteiger partial charge is 0.303 e. The molecule has 3 nitrogen and oxygen atoms in total. The third kappa shape index (κ3) is 2.15. The Bertz CT molecular complexity index is 574. The zero-order valence-electron chi connectivity index (χ0n) is 9.77. The maximum absolute atomic E-state index is 10.8. The predicted molar refractivity (Wildman–Crippen MR) is 68.6 cm³/mol. The molecule has 2 aromatic rings. The number of carboxylic acids is 1. The number of hydrogen-bond donors (Lipinski definition) is 1. The summed E-state index contributed by atoms with van der Waals surface area (Å²) in [5.41, 5.74) is 1.99. The van der Waals surface area contributed by atoms with Gasteiger partial charge in [0.05, 0.1) is 17.0 Å². The fourth-order valence-electron chi connectivity index (χ4n) is 2.21. The second-order valence-corrected chi connectivity index (χ2v) is 4.74. The molecule has 0 radical (unpaired) electrons. The summed E-state index contributed by atoms with van der Waals surface area (Å²) in [6.45, 7) is 1.92. The van der Waals surface area contributed by atoms with Crippen LogP contribution in [-0.2, 0) is 11.8 Å². The molecule has 17 heavy (non-hydrogen) atoms. The van der Waals surface area contributed by atoms with E-state index in [4.69, 9.17) is 16.7 Å². The van der Waals surface area contributed by atoms with Crippen molar-refractivity contribution in [1.82, 2.24) is 4.57 Å². The van der Waals surface area contributed by atoms with E-state index in [1.165, 1.54) is 0 Å². The van der Waals surface area contributed by atoms with Crippen molar-refractivity contribution in [3.05, 3.63) is 35.0 Å². The molecule has 0 aliphatic carbocycles. The lowest BCUT2D eigenvalue weighted by atomic mass is 9.97. The van der Waals surface area contributed by atoms with E-state index in [0.717, 1.165) is 16.5 Å². The third-order valence-electron chi connectivity index (χ3n) is 2.99. The fourth-order valence-corrected chi connectivity index (χ4v) is 2.52. The first kappa shape index (κ1) is 12.0. The second-order valence-electron chi connectivity index (χ2n) is 4.33. The molecule has 0 spiro atoms. The van der Waals surface area contributed by atoms with Gasteiger partial charge in [-0.2, -0.15) is 0 Å². The molecule has 0 fully saturated rings. The van der Waals surface area contributed by atoms with Crippen LogP contribution in [0.25, 0.3) is 10.9 Å². The lowest BCUT2D eigenvalue weighted by molar-refractivity contribution is -0.137. The van der Waals surface area contributed by atoms with Crippen LogP contribution in [0.5, 0.6) is 0 Å². The number of carboxylic acid groups (broad SMARTS) is 1. The van der Waals surface area contributed by atoms with Crippen molar-refractivity contribution in [2.45, 2.75) is 19.3 Å². The molecule has 1 unspecified atom stereocenters. The maximum Gasteiger partial charge on any atom is 0.303 e. The number of para-hydroxylation sites is 1. The van der Waals surface area contributed by atoms with E-state index in [-0.39, 0.29) is 12.3 Å². The lowest BCUT2D eigenvalue weighted by Crippen LogP contribution is -2.02. The predicted octanol–water partition coefficient (Wildman–Crippen LogP) is 3.41. The standard InChI is InChI=1S/C13H14ClNO2/c1-8(6-12(16)17)10-7-15(2)13-9(10)4-3-5-11(13)14/h3-5,7-8H,6H2,1-2H3,(H,16,17). The summed E-state index contributed by atoms with van der Waals surface area (Å²) in [5, 5.41) is 10.6. The second kappa shape index (κ2) is 4.41. The molecule has 0 saturated heterocycles. The van der Waals surface area contributed by atoms with Gasteiger partial charge in [0.25, 0.3) is 0 Å². The maximum atomic E-state index is 10.8. The minimum atomic E-state index is -0.781. The summed E-state index contributed by atoms with van der Waals surface area (Å²) in [6.07, 6.45) is 2.09. The van der Waals surface area contributed by atoms with Crippen LogP contribution < -0.4 is 0 Å². The largest absolute Gasteiger partial charge is 0.481 e. The van der Waals surface area contributed by atoms with Crippen LogP contribution in [0.2, 0.25) is 5.02 Å². The summed E-state index contributed by atoms with van der Waals surface area (Å²) in [6, 6.07) is 5.71. The molecular weight excluding hydrogens is 238 g/mol. The molecule has 1 aromatic heterocycles. The number of hydrogen-bond acceptors (Lipinski definition) is 1. The summed E-state index contributed by atoms with van der Waals surface area (Å²) in [5.74, 6) is -0.800. The van der Waals surface area contributed by atoms with E-state index in [9.17, 15) is 4.79 Å². The molecule has 4 heteroatoms. The molecule has 0 bridgehead atoms. The van der Waals surface area contributed by atoms with Gasteiger partial charge >= 0.3 is 5.97 Å². The Kier molecular flexibility index (Phi) is 3.11. The summed E-state index contributed by atoms with van der Waals surface area (Å²) in [7, 11) is 1.92. The summed E-state index contributed by atoms with van der Waals surface area (Å²) < 4.78 is 1.95. The zero-order chi connectivity index (χ0) is 12.6. The Hall–Kier alpha value is -1.48. The quantitative estimate of drug-likeness (QED) is 0.908. The average Bonchev–Trinajstić information content (AvgIpc) is 2.56. The van der Waals surface area contributed by atoms with Crippen LogP contribution in [-0.4, -0.2) is 15.6 Å². The minimum absolute atomic E-state index is 0.0188. The highest BCUT2D eigenvalue weighted by Crippen LogP contribution is 2.32. The zero-order valence-corrected chi connectivity index (χ0v) is 10.5. The van der Waals surface area contributed by atoms with E-state index in [1.54, 1.807) is 0 Å². The highest BCUT2D eigenvalue weighted by atomic mass is 35.5. The number of aryl methyl sites for hydroxylation is 1. The molecule has 1 N–H and O–H groups in total. The van der Waals surface area contributed by atoms with Gasteiger partial charge in [-0.3, -0.25) is 4.79 Å². The van der Waals surface area contributed by atoms with E-state index in [2.05, 4.69) is 0 Å². The SMILES string of the molecule is CC(CC(=O)O)c1cn(C)c2c(Cl)cccc12. The first-order valence-electron chi connectivity index (χ1n) is 5.46. The number of nitrogens with zero attached hydrogens (tertiary/aromatic N) is 1. The number of carbonyl (C=O) groups is 1. The normalized spacial score (nSPS) is 12.9. The van der Waals surface area contributed by atoms with Gasteiger partial charge in [0.2, 0.25) is 0 Å². The van der Waals surface area contributed by atoms with E-state index in [1.807, 2.05) is 42.9 Å². The van der Waals surface area contributed by atoms with Gasteiger partial charge in [-0.15, -0.1) is 0 Å². The van der Waals surface area contributed by atoms with Crippen LogP contribution in [0.4, 0.5) is 0 Å². The Morgan fingerprint density at radius 1 is 1.53 bits per heavy atom. The monoisotopic (exact) mass is 251 g/mol. The van der Waals surface area contributed by atoms with E-state index in [0.29, 0.717) is 5.02 Å². The van der Waals surface area contributed by atoms with Gasteiger partial charge in [0, 0.05) is 18.6 Å². The molecular formula is C13H14ClNO2. The summed E-state index contributed by atoms with van der Waals surface area (Å²) >= 11 is 6.15. The molecule has 0 saturated carbocycles. The van der Waals surface area contributed by atoms with Crippen LogP contribution in [0.1, 0.15) is 24.8 Å². The van der Waals surface area contributed by atoms with Crippen LogP contribution in [0.15, 0.2) is 24.4 Å². The minimum Gasteiger partial charge on any atom is -0.481 e. The van der Waals surface area contributed by atoms with Gasteiger partial charge in [0.1, 0.15) is 0 Å². The number of fused-ring (bicyclic) bond motifs is 1. The van der Waals surface area contributed by atoms with Crippen molar-refractivity contribution in [2.75, 3.05) is 0 Å². The Labute approximate surface area is 105 Å². The first-order valence-corrected chi connectivity index (χ1v) is 5.83. The molecule has 0 aliphatic rings. The molecule has 0 aliphatic heterocycles. The van der Waals surface area contributed by atoms with Crippen molar-refractivity contribution in [2.24, 2.45) is 7.05 Å². The number of halogens is 1. The van der Waals surface area contributed by atoms with Gasteiger partial charge < -0.3 is 9.67 Å². The van der Waals surface area contributed by atoms with E-state index < -0.39 is 5.97 Å². The molecule has 1 heterocycles. The van der Waals surface area contributed by atoms with Crippen molar-refractivity contribution in [3.63, 3.8) is 0 Å². The van der Waals surface area contributed by atoms with Crippen molar-refractivity contribution in [3.8, 4) is 0 Å². The Balaban J connectivity index is 2.56. The van der Waals surface area contributed by atoms with Gasteiger partial charge in [-0.1, -0.05) is 30.7 Å². The highest BCUT2D eigenvalue weighted by molar-refractivity contribution is 6.35. The molecule has 1 atom stereocenters. The topological polar surface area (TPSA) is 42.2 Å². The van der Waals surface area contributed by atoms with Crippen molar-refractivity contribution >= 4 is 28.5 Å². The molecule has 90 valence electrons. The number of aromatic nitrogens is 1. The molecule has 2 rings (SSSR count). The van der Waals surface area contributed by atoms with Gasteiger partial charge in [-0.25, -0.2) is 0 Å². The van der Waals surface area contributed by atoms with Gasteiger partial charge in [-0.05, 0) is 17.5 Å². The van der Waals surface area contributed by atoms with Crippen LogP contribution in [0.3, 0.4) is 0 Å². The van der Waals surface area contributed by atoms with Crippen molar-refractivity contribution in [1.29, 1.82) is 0 Å². The van der Waals surface area contributed by atoms with Crippen LogP contribution >= 0.6 is 11.6 Å². The Morgan fingerprint density at radius 2 is 2.24 bits per heavy atom. The highest BCUT2D eigenvalue weighted by Gasteiger charge is 2.16. The molecule has 1 aromatic carbocycles. The number of aliphatic carboxylic acids is 1. The average molecular weight is 252 g/mol. The number of rotatable bonds is 3. The summed E-state index contributed by atoms with van der Waals surface area (Å²) in [4.78, 5) is 10.8. The fraction of sp³-hybridized carbons (Fsp3) is 0.308. The van der Waals surface area contributed by atoms with Crippen LogP contribution in [0, 0.1) is 0 Å². The lowest BCUT2D eigenvalue weighted by Gasteiger charge is -2.06. The van der Waals surface area contributed by atoms with Gasteiger partial charge in [0.15, 0.2) is 0 Å². The first-order chi connectivity index (χ1) is 8.00. The molecule has 0 amide bonds. The van der Waals surface area contributed by atoms with E-state index >= 15 is 0 Å².